The normalized spacial score (nSPS) is 17.8. The molecule has 1 fully saturated rings. The number of methoxy groups -OCH3 is 1. The first-order chi connectivity index (χ1) is 18.5. The summed E-state index contributed by atoms with van der Waals surface area (Å²) in [5.41, 5.74) is 0.606. The van der Waals surface area contributed by atoms with Gasteiger partial charge in [0, 0.05) is 6.04 Å². The molecule has 206 valence electrons. The number of alkyl halides is 1. The summed E-state index contributed by atoms with van der Waals surface area (Å²) in [6, 6.07) is 11.9. The van der Waals surface area contributed by atoms with Crippen molar-refractivity contribution >= 4 is 23.4 Å². The summed E-state index contributed by atoms with van der Waals surface area (Å²) in [6.07, 6.45) is 5.53. The summed E-state index contributed by atoms with van der Waals surface area (Å²) in [6.45, 7) is 2.93. The zero-order valence-corrected chi connectivity index (χ0v) is 22.9. The number of halogens is 1. The minimum Gasteiger partial charge on any atom is -0.493 e. The fraction of sp³-hybridized carbons (Fsp3) is 0.517. The first-order valence-corrected chi connectivity index (χ1v) is 13.9. The Morgan fingerprint density at radius 1 is 1.11 bits per heavy atom. The molecular weight excluding hydrogens is 508 g/mol. The number of ether oxygens (including phenoxy) is 4. The van der Waals surface area contributed by atoms with Crippen LogP contribution in [0.3, 0.4) is 0 Å². The van der Waals surface area contributed by atoms with Gasteiger partial charge in [-0.1, -0.05) is 44.4 Å². The van der Waals surface area contributed by atoms with Gasteiger partial charge in [0.25, 0.3) is 0 Å². The van der Waals surface area contributed by atoms with Crippen LogP contribution in [0.25, 0.3) is 0 Å². The smallest absolute Gasteiger partial charge is 0.247 e. The highest BCUT2D eigenvalue weighted by Gasteiger charge is 2.36. The van der Waals surface area contributed by atoms with E-state index in [9.17, 15) is 9.59 Å². The molecule has 1 aliphatic carbocycles. The van der Waals surface area contributed by atoms with Crippen molar-refractivity contribution in [2.24, 2.45) is 0 Å². The summed E-state index contributed by atoms with van der Waals surface area (Å²) in [4.78, 5) is 28.6. The van der Waals surface area contributed by atoms with E-state index in [4.69, 9.17) is 30.5 Å². The van der Waals surface area contributed by atoms with Crippen LogP contribution in [-0.4, -0.2) is 61.6 Å². The predicted octanol–water partition coefficient (Wildman–Crippen LogP) is 4.88. The van der Waals surface area contributed by atoms with Gasteiger partial charge in [0.1, 0.15) is 18.5 Å². The Balaban J connectivity index is 1.65. The number of amides is 2. The third-order valence-corrected chi connectivity index (χ3v) is 7.11. The van der Waals surface area contributed by atoms with Crippen LogP contribution < -0.4 is 24.3 Å². The van der Waals surface area contributed by atoms with Crippen molar-refractivity contribution in [2.75, 3.05) is 32.7 Å². The summed E-state index contributed by atoms with van der Waals surface area (Å²) in [7, 11) is 1.56. The molecule has 2 atom stereocenters. The van der Waals surface area contributed by atoms with E-state index in [1.807, 2.05) is 31.2 Å². The predicted molar refractivity (Wildman–Crippen MR) is 145 cm³/mol. The Kier molecular flexibility index (Phi) is 9.98. The monoisotopic (exact) mass is 544 g/mol. The summed E-state index contributed by atoms with van der Waals surface area (Å²) in [5, 5.41) is 3.20. The van der Waals surface area contributed by atoms with Crippen LogP contribution in [0.1, 0.15) is 57.1 Å². The third kappa shape index (κ3) is 6.84. The molecule has 8 nitrogen and oxygen atoms in total. The number of para-hydroxylation sites is 2. The highest BCUT2D eigenvalue weighted by molar-refractivity contribution is 6.27. The van der Waals surface area contributed by atoms with Crippen molar-refractivity contribution in [3.63, 3.8) is 0 Å². The Morgan fingerprint density at radius 3 is 2.58 bits per heavy atom. The number of fused-ring (bicyclic) bond motifs is 1. The van der Waals surface area contributed by atoms with Crippen molar-refractivity contribution in [3.05, 3.63) is 48.0 Å². The molecule has 0 bridgehead atoms. The lowest BCUT2D eigenvalue weighted by molar-refractivity contribution is -0.141. The number of benzene rings is 2. The molecule has 0 unspecified atom stereocenters. The Labute approximate surface area is 229 Å². The largest absolute Gasteiger partial charge is 0.493 e. The van der Waals surface area contributed by atoms with Gasteiger partial charge in [-0.2, -0.15) is 0 Å². The fourth-order valence-electron chi connectivity index (χ4n) is 4.99. The van der Waals surface area contributed by atoms with E-state index in [0.29, 0.717) is 35.2 Å². The quantitative estimate of drug-likeness (QED) is 0.406. The molecule has 4 rings (SSSR count). The Hall–Kier alpha value is -3.13. The van der Waals surface area contributed by atoms with Gasteiger partial charge in [0.2, 0.25) is 11.8 Å². The van der Waals surface area contributed by atoms with Crippen LogP contribution in [0, 0.1) is 0 Å². The van der Waals surface area contributed by atoms with Gasteiger partial charge in [-0.05, 0) is 49.1 Å². The van der Waals surface area contributed by atoms with Crippen LogP contribution in [-0.2, 0) is 9.59 Å². The van der Waals surface area contributed by atoms with E-state index in [0.717, 1.165) is 32.1 Å². The lowest BCUT2D eigenvalue weighted by Crippen LogP contribution is -2.51. The van der Waals surface area contributed by atoms with Crippen LogP contribution in [0.5, 0.6) is 23.0 Å². The fourth-order valence-corrected chi connectivity index (χ4v) is 5.14. The van der Waals surface area contributed by atoms with Crippen molar-refractivity contribution in [1.82, 2.24) is 10.2 Å². The maximum atomic E-state index is 13.9. The second kappa shape index (κ2) is 13.6. The number of rotatable bonds is 11. The molecule has 1 N–H and O–H groups in total. The number of carbonyl (C=O) groups is 2. The Bertz CT molecular complexity index is 1090. The number of carbonyl (C=O) groups excluding carboxylic acids is 2. The number of nitrogens with one attached hydrogen (secondary N) is 1. The molecule has 0 saturated heterocycles. The molecule has 2 aromatic carbocycles. The van der Waals surface area contributed by atoms with Gasteiger partial charge in [-0.15, -0.1) is 11.6 Å². The van der Waals surface area contributed by atoms with Crippen LogP contribution in [0.4, 0.5) is 0 Å². The van der Waals surface area contributed by atoms with Crippen molar-refractivity contribution in [3.8, 4) is 23.0 Å². The molecule has 1 saturated carbocycles. The van der Waals surface area contributed by atoms with E-state index in [2.05, 4.69) is 5.32 Å². The van der Waals surface area contributed by atoms with E-state index >= 15 is 0 Å². The zero-order chi connectivity index (χ0) is 26.9. The number of hydrogen-bond donors (Lipinski definition) is 1. The van der Waals surface area contributed by atoms with Gasteiger partial charge in [0.05, 0.1) is 20.3 Å². The molecule has 1 heterocycles. The molecule has 1 aliphatic heterocycles. The van der Waals surface area contributed by atoms with Gasteiger partial charge in [0.15, 0.2) is 29.1 Å². The average molecular weight is 545 g/mol. The minimum atomic E-state index is -0.932. The van der Waals surface area contributed by atoms with Crippen molar-refractivity contribution in [2.45, 2.75) is 63.6 Å². The summed E-state index contributed by atoms with van der Waals surface area (Å²) >= 11 is 6.07. The molecule has 0 aromatic heterocycles. The number of hydrogen-bond acceptors (Lipinski definition) is 6. The third-order valence-electron chi connectivity index (χ3n) is 6.88. The second-order valence-corrected chi connectivity index (χ2v) is 9.95. The molecule has 2 aliphatic rings. The molecule has 9 heteroatoms. The van der Waals surface area contributed by atoms with Gasteiger partial charge >= 0.3 is 0 Å². The maximum absolute atomic E-state index is 13.9. The van der Waals surface area contributed by atoms with Crippen LogP contribution in [0.15, 0.2) is 42.5 Å². The second-order valence-electron chi connectivity index (χ2n) is 9.68. The molecule has 0 spiro atoms. The SMILES string of the molecule is CCCOc1ccc([C@H](C(=O)NC2CCCCC2)N(C[C@H]2COc3ccccc3O2)C(=O)CCl)cc1OC. The summed E-state index contributed by atoms with van der Waals surface area (Å²) < 4.78 is 23.4. The first kappa shape index (κ1) is 27.9. The topological polar surface area (TPSA) is 86.3 Å². The van der Waals surface area contributed by atoms with E-state index in [1.165, 1.54) is 11.3 Å². The van der Waals surface area contributed by atoms with Gasteiger partial charge in [-0.25, -0.2) is 0 Å². The zero-order valence-electron chi connectivity index (χ0n) is 22.1. The van der Waals surface area contributed by atoms with E-state index < -0.39 is 12.1 Å². The van der Waals surface area contributed by atoms with Crippen molar-refractivity contribution in [1.29, 1.82) is 0 Å². The molecule has 0 radical (unpaired) electrons. The molecular formula is C29H37ClN2O6. The lowest BCUT2D eigenvalue weighted by Gasteiger charge is -2.36. The van der Waals surface area contributed by atoms with E-state index in [-0.39, 0.29) is 36.9 Å². The van der Waals surface area contributed by atoms with E-state index in [1.54, 1.807) is 25.3 Å². The molecule has 38 heavy (non-hydrogen) atoms. The Morgan fingerprint density at radius 2 is 1.87 bits per heavy atom. The van der Waals surface area contributed by atoms with Gasteiger partial charge < -0.3 is 29.2 Å². The lowest BCUT2D eigenvalue weighted by atomic mass is 9.94. The maximum Gasteiger partial charge on any atom is 0.247 e. The van der Waals surface area contributed by atoms with Crippen LogP contribution >= 0.6 is 11.6 Å². The summed E-state index contributed by atoms with van der Waals surface area (Å²) in [5.74, 6) is 1.44. The molecule has 2 aromatic rings. The van der Waals surface area contributed by atoms with Crippen molar-refractivity contribution < 1.29 is 28.5 Å². The average Bonchev–Trinajstić information content (AvgIpc) is 2.96. The first-order valence-electron chi connectivity index (χ1n) is 13.4. The number of nitrogens with zero attached hydrogens (tertiary/aromatic N) is 1. The van der Waals surface area contributed by atoms with Gasteiger partial charge in [-0.3, -0.25) is 9.59 Å². The molecule has 2 amide bonds. The minimum absolute atomic E-state index is 0.0712. The highest BCUT2D eigenvalue weighted by Crippen LogP contribution is 2.35. The standard InChI is InChI=1S/C29H37ClN2O6/c1-3-15-36-24-14-13-20(16-26(24)35-2)28(29(34)31-21-9-5-4-6-10-21)32(27(33)17-30)18-22-19-37-23-11-7-8-12-25(23)38-22/h7-8,11-14,16,21-22,28H,3-6,9-10,15,17-19H2,1-2H3,(H,31,34)/t22-,28+/m0/s1. The van der Waals surface area contributed by atoms with Crippen LogP contribution in [0.2, 0.25) is 0 Å². The highest BCUT2D eigenvalue weighted by atomic mass is 35.5.